The molecule has 0 spiro atoms. The van der Waals surface area contributed by atoms with Crippen LogP contribution in [-0.2, 0) is 0 Å². The van der Waals surface area contributed by atoms with E-state index >= 15 is 0 Å². The van der Waals surface area contributed by atoms with Crippen molar-refractivity contribution >= 4 is 22.5 Å². The fraction of sp³-hybridized carbons (Fsp3) is 0.429. The van der Waals surface area contributed by atoms with Crippen molar-refractivity contribution in [1.29, 1.82) is 0 Å². The lowest BCUT2D eigenvalue weighted by Crippen LogP contribution is -2.25. The van der Waals surface area contributed by atoms with Gasteiger partial charge in [-0.2, -0.15) is 0 Å². The molecule has 1 aromatic carbocycles. The van der Waals surface area contributed by atoms with Gasteiger partial charge in [0.25, 0.3) is 5.56 Å². The van der Waals surface area contributed by atoms with Crippen LogP contribution in [0.3, 0.4) is 0 Å². The third-order valence-electron chi connectivity index (χ3n) is 4.00. The third-order valence-corrected chi connectivity index (χ3v) is 4.00. The number of hydrogen-bond acceptors (Lipinski definition) is 4. The van der Waals surface area contributed by atoms with Crippen molar-refractivity contribution in [1.82, 2.24) is 9.97 Å². The maximum absolute atomic E-state index is 12.1. The molecule has 0 radical (unpaired) electrons. The summed E-state index contributed by atoms with van der Waals surface area (Å²) in [4.78, 5) is 21.6. The van der Waals surface area contributed by atoms with Gasteiger partial charge in [-0.1, -0.05) is 13.8 Å². The Bertz CT molecular complexity index is 669. The lowest BCUT2D eigenvalue weighted by atomic mass is 10.0. The number of aromatic nitrogens is 2. The number of rotatable bonds is 1. The van der Waals surface area contributed by atoms with Gasteiger partial charge in [0.05, 0.1) is 10.9 Å². The van der Waals surface area contributed by atoms with Crippen LogP contribution in [-0.4, -0.2) is 23.1 Å². The summed E-state index contributed by atoms with van der Waals surface area (Å²) < 4.78 is 0. The first-order chi connectivity index (χ1) is 9.04. The van der Waals surface area contributed by atoms with Crippen molar-refractivity contribution in [2.45, 2.75) is 13.8 Å². The number of nitrogens with two attached hydrogens (primary N) is 1. The molecule has 1 saturated heterocycles. The Labute approximate surface area is 111 Å². The predicted molar refractivity (Wildman–Crippen MR) is 77.3 cm³/mol. The Hall–Kier alpha value is -2.04. The van der Waals surface area contributed by atoms with Crippen molar-refractivity contribution in [3.05, 3.63) is 28.6 Å². The number of H-pyrrole nitrogens is 1. The van der Waals surface area contributed by atoms with E-state index in [1.165, 1.54) is 0 Å². The van der Waals surface area contributed by atoms with E-state index in [2.05, 4.69) is 28.7 Å². The second kappa shape index (κ2) is 4.26. The minimum absolute atomic E-state index is 0.125. The average molecular weight is 258 g/mol. The van der Waals surface area contributed by atoms with Crippen LogP contribution in [0.2, 0.25) is 0 Å². The normalized spacial score (nSPS) is 23.2. The van der Waals surface area contributed by atoms with Crippen LogP contribution in [0.5, 0.6) is 0 Å². The maximum atomic E-state index is 12.1. The van der Waals surface area contributed by atoms with Crippen molar-refractivity contribution in [3.8, 4) is 0 Å². The zero-order valence-electron chi connectivity index (χ0n) is 11.2. The molecular weight excluding hydrogens is 240 g/mol. The molecule has 2 heterocycles. The largest absolute Gasteiger partial charge is 0.399 e. The number of anilines is 2. The Morgan fingerprint density at radius 3 is 2.68 bits per heavy atom. The summed E-state index contributed by atoms with van der Waals surface area (Å²) in [6.45, 7) is 6.32. The number of aromatic amines is 1. The van der Waals surface area contributed by atoms with Gasteiger partial charge in [0, 0.05) is 18.8 Å². The number of hydrogen-bond donors (Lipinski definition) is 2. The quantitative estimate of drug-likeness (QED) is 0.762. The molecule has 19 heavy (non-hydrogen) atoms. The molecule has 5 heteroatoms. The maximum Gasteiger partial charge on any atom is 0.260 e. The van der Waals surface area contributed by atoms with Gasteiger partial charge >= 0.3 is 0 Å². The number of benzene rings is 1. The van der Waals surface area contributed by atoms with Crippen molar-refractivity contribution < 1.29 is 0 Å². The summed E-state index contributed by atoms with van der Waals surface area (Å²) in [5, 5.41) is 0.545. The van der Waals surface area contributed by atoms with Gasteiger partial charge in [-0.15, -0.1) is 0 Å². The highest BCUT2D eigenvalue weighted by atomic mass is 16.1. The predicted octanol–water partition coefficient (Wildman–Crippen LogP) is 1.60. The average Bonchev–Trinajstić information content (AvgIpc) is 2.70. The van der Waals surface area contributed by atoms with Gasteiger partial charge in [-0.05, 0) is 30.0 Å². The molecule has 0 bridgehead atoms. The summed E-state index contributed by atoms with van der Waals surface area (Å²) in [5.74, 6) is 1.90. The standard InChI is InChI=1S/C14H18N4O/c1-8-6-18(7-9(8)2)14-16-12-4-3-10(15)5-11(12)13(19)17-14/h3-5,8-9H,6-7,15H2,1-2H3,(H,16,17,19). The van der Waals surface area contributed by atoms with E-state index in [9.17, 15) is 4.79 Å². The van der Waals surface area contributed by atoms with Crippen molar-refractivity contribution in [2.75, 3.05) is 23.7 Å². The SMILES string of the molecule is CC1CN(c2nc3ccc(N)cc3c(=O)[nH]2)CC1C. The summed E-state index contributed by atoms with van der Waals surface area (Å²) in [6.07, 6.45) is 0. The van der Waals surface area contributed by atoms with Gasteiger partial charge in [0.1, 0.15) is 0 Å². The second-order valence-electron chi connectivity index (χ2n) is 5.53. The monoisotopic (exact) mass is 258 g/mol. The van der Waals surface area contributed by atoms with Gasteiger partial charge in [-0.3, -0.25) is 9.78 Å². The Morgan fingerprint density at radius 2 is 2.00 bits per heavy atom. The fourth-order valence-electron chi connectivity index (χ4n) is 2.60. The van der Waals surface area contributed by atoms with Crippen LogP contribution < -0.4 is 16.2 Å². The Balaban J connectivity index is 2.07. The number of nitrogens with zero attached hydrogens (tertiary/aromatic N) is 2. The third kappa shape index (κ3) is 2.05. The van der Waals surface area contributed by atoms with Gasteiger partial charge in [-0.25, -0.2) is 4.98 Å². The van der Waals surface area contributed by atoms with E-state index in [1.807, 2.05) is 0 Å². The topological polar surface area (TPSA) is 75.0 Å². The summed E-state index contributed by atoms with van der Waals surface area (Å²) in [6, 6.07) is 5.24. The molecule has 2 unspecified atom stereocenters. The number of nitrogens with one attached hydrogen (secondary N) is 1. The zero-order chi connectivity index (χ0) is 13.6. The molecule has 2 aromatic rings. The molecule has 1 aliphatic heterocycles. The van der Waals surface area contributed by atoms with E-state index in [-0.39, 0.29) is 5.56 Å². The minimum atomic E-state index is -0.125. The molecule has 0 saturated carbocycles. The van der Waals surface area contributed by atoms with E-state index in [4.69, 9.17) is 5.73 Å². The van der Waals surface area contributed by atoms with E-state index in [0.29, 0.717) is 34.4 Å². The second-order valence-corrected chi connectivity index (χ2v) is 5.53. The Kier molecular flexibility index (Phi) is 2.69. The van der Waals surface area contributed by atoms with Crippen molar-refractivity contribution in [3.63, 3.8) is 0 Å². The van der Waals surface area contributed by atoms with Crippen LogP contribution in [0.15, 0.2) is 23.0 Å². The lowest BCUT2D eigenvalue weighted by Gasteiger charge is -2.16. The Morgan fingerprint density at radius 1 is 1.32 bits per heavy atom. The molecule has 1 aromatic heterocycles. The number of fused-ring (bicyclic) bond motifs is 1. The van der Waals surface area contributed by atoms with Crippen LogP contribution >= 0.6 is 0 Å². The van der Waals surface area contributed by atoms with E-state index in [0.717, 1.165) is 13.1 Å². The molecule has 0 aliphatic carbocycles. The molecule has 3 rings (SSSR count). The van der Waals surface area contributed by atoms with Crippen LogP contribution in [0, 0.1) is 11.8 Å². The first-order valence-electron chi connectivity index (χ1n) is 6.59. The van der Waals surface area contributed by atoms with Gasteiger partial charge in [0.15, 0.2) is 0 Å². The molecule has 100 valence electrons. The minimum Gasteiger partial charge on any atom is -0.399 e. The first-order valence-corrected chi connectivity index (χ1v) is 6.59. The zero-order valence-corrected chi connectivity index (χ0v) is 11.2. The van der Waals surface area contributed by atoms with Crippen LogP contribution in [0.1, 0.15) is 13.8 Å². The molecular formula is C14H18N4O. The van der Waals surface area contributed by atoms with E-state index < -0.39 is 0 Å². The van der Waals surface area contributed by atoms with Crippen LogP contribution in [0.25, 0.3) is 10.9 Å². The highest BCUT2D eigenvalue weighted by molar-refractivity contribution is 5.81. The molecule has 1 fully saturated rings. The van der Waals surface area contributed by atoms with E-state index in [1.54, 1.807) is 18.2 Å². The van der Waals surface area contributed by atoms with Gasteiger partial charge in [0.2, 0.25) is 5.95 Å². The summed E-state index contributed by atoms with van der Waals surface area (Å²) in [7, 11) is 0. The first kappa shape index (κ1) is 12.0. The molecule has 0 amide bonds. The lowest BCUT2D eigenvalue weighted by molar-refractivity contribution is 0.494. The van der Waals surface area contributed by atoms with Crippen LogP contribution in [0.4, 0.5) is 11.6 Å². The highest BCUT2D eigenvalue weighted by Gasteiger charge is 2.27. The highest BCUT2D eigenvalue weighted by Crippen LogP contribution is 2.25. The molecule has 5 nitrogen and oxygen atoms in total. The van der Waals surface area contributed by atoms with Crippen molar-refractivity contribution in [2.24, 2.45) is 11.8 Å². The number of nitrogen functional groups attached to an aromatic ring is 1. The smallest absolute Gasteiger partial charge is 0.260 e. The molecule has 1 aliphatic rings. The summed E-state index contributed by atoms with van der Waals surface area (Å²) in [5.41, 5.74) is 6.85. The molecule has 2 atom stereocenters. The fourth-order valence-corrected chi connectivity index (χ4v) is 2.60. The van der Waals surface area contributed by atoms with Gasteiger partial charge < -0.3 is 10.6 Å². The molecule has 3 N–H and O–H groups in total. The summed E-state index contributed by atoms with van der Waals surface area (Å²) >= 11 is 0.